The Hall–Kier alpha value is -3.95. The highest BCUT2D eigenvalue weighted by Crippen LogP contribution is 2.36. The summed E-state index contributed by atoms with van der Waals surface area (Å²) in [5.41, 5.74) is 7.75. The summed E-state index contributed by atoms with van der Waals surface area (Å²) in [6.07, 6.45) is 3.21. The molecule has 0 bridgehead atoms. The molecule has 4 rings (SSSR count). The molecule has 0 aliphatic carbocycles. The third-order valence-corrected chi connectivity index (χ3v) is 6.65. The molecule has 0 saturated carbocycles. The molecular weight excluding hydrogens is 564 g/mol. The third-order valence-electron chi connectivity index (χ3n) is 5.31. The number of rotatable bonds is 11. The number of hydrogen-bond donors (Lipinski definition) is 2. The Labute approximate surface area is 234 Å². The van der Waals surface area contributed by atoms with Crippen molar-refractivity contribution in [2.45, 2.75) is 13.8 Å². The summed E-state index contributed by atoms with van der Waals surface area (Å²) in [6, 6.07) is 19.0. The average molecular weight is 592 g/mol. The fourth-order valence-electron chi connectivity index (χ4n) is 3.45. The number of hydrogen-bond acceptors (Lipinski definition) is 7. The highest BCUT2D eigenvalue weighted by atomic mass is 79.9. The van der Waals surface area contributed by atoms with Gasteiger partial charge in [0.15, 0.2) is 16.6 Å². The predicted octanol–water partition coefficient (Wildman–Crippen LogP) is 7.35. The molecule has 1 amide bonds. The van der Waals surface area contributed by atoms with Crippen LogP contribution in [0.5, 0.6) is 11.5 Å². The van der Waals surface area contributed by atoms with E-state index >= 15 is 0 Å². The minimum absolute atomic E-state index is 0.317. The van der Waals surface area contributed by atoms with Gasteiger partial charge in [0.25, 0.3) is 5.91 Å². The number of aromatic nitrogens is 1. The Morgan fingerprint density at radius 1 is 1.13 bits per heavy atom. The van der Waals surface area contributed by atoms with E-state index in [0.29, 0.717) is 34.7 Å². The number of aryl methyl sites for hydroxylation is 1. The lowest BCUT2D eigenvalue weighted by Crippen LogP contribution is -2.17. The third kappa shape index (κ3) is 7.08. The topological polar surface area (TPSA) is 84.8 Å². The van der Waals surface area contributed by atoms with Gasteiger partial charge in [-0.05, 0) is 71.7 Å². The molecule has 9 heteroatoms. The van der Waals surface area contributed by atoms with Crippen molar-refractivity contribution in [3.8, 4) is 22.8 Å². The number of benzene rings is 3. The summed E-state index contributed by atoms with van der Waals surface area (Å²) < 4.78 is 12.1. The van der Waals surface area contributed by atoms with Crippen molar-refractivity contribution < 1.29 is 14.3 Å². The maximum atomic E-state index is 12.6. The average Bonchev–Trinajstić information content (AvgIpc) is 3.38. The number of hydrazone groups is 1. The smallest absolute Gasteiger partial charge is 0.271 e. The van der Waals surface area contributed by atoms with Gasteiger partial charge >= 0.3 is 0 Å². The van der Waals surface area contributed by atoms with Crippen molar-refractivity contribution in [1.82, 2.24) is 10.4 Å². The van der Waals surface area contributed by atoms with E-state index in [2.05, 4.69) is 62.4 Å². The molecule has 0 fully saturated rings. The summed E-state index contributed by atoms with van der Waals surface area (Å²) in [7, 11) is 0. The van der Waals surface area contributed by atoms with Crippen LogP contribution in [0.25, 0.3) is 11.3 Å². The van der Waals surface area contributed by atoms with E-state index in [0.717, 1.165) is 27.6 Å². The summed E-state index contributed by atoms with van der Waals surface area (Å²) in [5, 5.41) is 10.2. The number of nitrogens with zero attached hydrogens (tertiary/aromatic N) is 2. The molecule has 0 radical (unpaired) electrons. The second kappa shape index (κ2) is 13.0. The van der Waals surface area contributed by atoms with Gasteiger partial charge in [-0.25, -0.2) is 10.4 Å². The molecule has 1 aromatic heterocycles. The molecule has 0 unspecified atom stereocenters. The van der Waals surface area contributed by atoms with E-state index in [1.165, 1.54) is 16.9 Å². The highest BCUT2D eigenvalue weighted by Gasteiger charge is 2.12. The first-order chi connectivity index (χ1) is 18.5. The van der Waals surface area contributed by atoms with E-state index in [1.54, 1.807) is 30.5 Å². The minimum Gasteiger partial charge on any atom is -0.490 e. The van der Waals surface area contributed by atoms with Gasteiger partial charge in [-0.15, -0.1) is 11.3 Å². The van der Waals surface area contributed by atoms with Gasteiger partial charge in [-0.2, -0.15) is 5.10 Å². The maximum absolute atomic E-state index is 12.6. The summed E-state index contributed by atoms with van der Waals surface area (Å²) in [6.45, 7) is 8.46. The first-order valence-electron chi connectivity index (χ1n) is 11.9. The van der Waals surface area contributed by atoms with E-state index < -0.39 is 0 Å². The van der Waals surface area contributed by atoms with Gasteiger partial charge < -0.3 is 14.8 Å². The number of thiazole rings is 1. The Morgan fingerprint density at radius 2 is 1.89 bits per heavy atom. The predicted molar refractivity (Wildman–Crippen MR) is 158 cm³/mol. The molecule has 3 aromatic carbocycles. The molecule has 38 heavy (non-hydrogen) atoms. The zero-order chi connectivity index (χ0) is 26.9. The number of halogens is 1. The van der Waals surface area contributed by atoms with Crippen LogP contribution in [0.1, 0.15) is 28.4 Å². The van der Waals surface area contributed by atoms with Crippen molar-refractivity contribution >= 4 is 50.2 Å². The molecule has 1 heterocycles. The van der Waals surface area contributed by atoms with Crippen LogP contribution in [0.2, 0.25) is 0 Å². The fraction of sp³-hybridized carbons (Fsp3) is 0.138. The lowest BCUT2D eigenvalue weighted by Gasteiger charge is -2.13. The van der Waals surface area contributed by atoms with Crippen LogP contribution in [0, 0.1) is 6.92 Å². The van der Waals surface area contributed by atoms with Crippen molar-refractivity contribution in [3.63, 3.8) is 0 Å². The van der Waals surface area contributed by atoms with Crippen LogP contribution >= 0.6 is 27.3 Å². The monoisotopic (exact) mass is 590 g/mol. The Morgan fingerprint density at radius 3 is 2.61 bits per heavy atom. The number of anilines is 2. The first-order valence-corrected chi connectivity index (χ1v) is 13.6. The second-order valence-corrected chi connectivity index (χ2v) is 9.88. The first kappa shape index (κ1) is 27.1. The fourth-order valence-corrected chi connectivity index (χ4v) is 4.77. The molecule has 0 aliphatic rings. The van der Waals surface area contributed by atoms with Crippen LogP contribution in [-0.2, 0) is 0 Å². The van der Waals surface area contributed by atoms with Gasteiger partial charge in [-0.3, -0.25) is 4.79 Å². The quantitative estimate of drug-likeness (QED) is 0.108. The molecule has 194 valence electrons. The Balaban J connectivity index is 1.38. The number of carbonyl (C=O) groups excluding carboxylic acids is 1. The molecule has 4 aromatic rings. The number of nitrogens with one attached hydrogen (secondary N) is 2. The molecule has 0 spiro atoms. The van der Waals surface area contributed by atoms with Crippen LogP contribution in [0.15, 0.2) is 88.3 Å². The normalized spacial score (nSPS) is 10.8. The molecule has 7 nitrogen and oxygen atoms in total. The highest BCUT2D eigenvalue weighted by molar-refractivity contribution is 9.10. The lowest BCUT2D eigenvalue weighted by atomic mass is 10.1. The standard InChI is InChI=1S/C29H27BrN4O3S/c1-4-14-37-27-24(30)15-20(16-26(27)36-5-2)17-31-34-28(35)22-10-8-21(9-11-22)25-18-38-29(33-25)32-23-12-6-19(3)7-13-23/h4,6-13,15-18H,1,5,14H2,2-3H3,(H,32,33)(H,34,35)/b31-17-. The van der Waals surface area contributed by atoms with E-state index in [1.807, 2.05) is 42.6 Å². The molecule has 0 aliphatic heterocycles. The van der Waals surface area contributed by atoms with Gasteiger partial charge in [-0.1, -0.05) is 42.5 Å². The zero-order valence-corrected chi connectivity index (χ0v) is 23.4. The van der Waals surface area contributed by atoms with Gasteiger partial charge in [0, 0.05) is 22.2 Å². The molecule has 0 atom stereocenters. The van der Waals surface area contributed by atoms with Gasteiger partial charge in [0.1, 0.15) is 6.61 Å². The summed E-state index contributed by atoms with van der Waals surface area (Å²) in [5.74, 6) is 0.848. The second-order valence-electron chi connectivity index (χ2n) is 8.17. The van der Waals surface area contributed by atoms with Crippen LogP contribution in [0.3, 0.4) is 0 Å². The van der Waals surface area contributed by atoms with Crippen molar-refractivity contribution in [3.05, 3.63) is 99.9 Å². The van der Waals surface area contributed by atoms with Crippen LogP contribution < -0.4 is 20.2 Å². The molecule has 0 saturated heterocycles. The lowest BCUT2D eigenvalue weighted by molar-refractivity contribution is 0.0955. The van der Waals surface area contributed by atoms with Gasteiger partial charge in [0.2, 0.25) is 0 Å². The van der Waals surface area contributed by atoms with Crippen LogP contribution in [0.4, 0.5) is 10.8 Å². The number of amides is 1. The van der Waals surface area contributed by atoms with E-state index in [9.17, 15) is 4.79 Å². The summed E-state index contributed by atoms with van der Waals surface area (Å²) >= 11 is 5.03. The SMILES string of the molecule is C=CCOc1c(Br)cc(/C=N\NC(=O)c2ccc(-c3csc(Nc4ccc(C)cc4)n3)cc2)cc1OCC. The minimum atomic E-state index is -0.317. The number of ether oxygens (including phenoxy) is 2. The largest absolute Gasteiger partial charge is 0.490 e. The number of carbonyl (C=O) groups is 1. The van der Waals surface area contributed by atoms with Gasteiger partial charge in [0.05, 0.1) is 23.0 Å². The van der Waals surface area contributed by atoms with Crippen molar-refractivity contribution in [1.29, 1.82) is 0 Å². The zero-order valence-electron chi connectivity index (χ0n) is 21.0. The maximum Gasteiger partial charge on any atom is 0.271 e. The van der Waals surface area contributed by atoms with Crippen molar-refractivity contribution in [2.75, 3.05) is 18.5 Å². The van der Waals surface area contributed by atoms with Crippen molar-refractivity contribution in [2.24, 2.45) is 5.10 Å². The summed E-state index contributed by atoms with van der Waals surface area (Å²) in [4.78, 5) is 17.3. The van der Waals surface area contributed by atoms with E-state index in [4.69, 9.17) is 9.47 Å². The molecule has 2 N–H and O–H groups in total. The van der Waals surface area contributed by atoms with E-state index in [-0.39, 0.29) is 5.91 Å². The van der Waals surface area contributed by atoms with Crippen LogP contribution in [-0.4, -0.2) is 30.3 Å². The molecular formula is C29H27BrN4O3S. The Bertz CT molecular complexity index is 1430. The Kier molecular flexibility index (Phi) is 9.29.